The number of hydrogen-bond donors (Lipinski definition) is 1. The lowest BCUT2D eigenvalue weighted by atomic mass is 9.98. The van der Waals surface area contributed by atoms with E-state index in [1.54, 1.807) is 7.11 Å². The second-order valence-electron chi connectivity index (χ2n) is 5.03. The van der Waals surface area contributed by atoms with Crippen LogP contribution in [0.2, 0.25) is 0 Å². The Morgan fingerprint density at radius 1 is 1.47 bits per heavy atom. The third kappa shape index (κ3) is 3.65. The van der Waals surface area contributed by atoms with Gasteiger partial charge in [-0.15, -0.1) is 0 Å². The molecule has 0 spiro atoms. The fourth-order valence-corrected chi connectivity index (χ4v) is 3.98. The highest BCUT2D eigenvalue weighted by molar-refractivity contribution is 7.99. The van der Waals surface area contributed by atoms with E-state index in [9.17, 15) is 0 Å². The lowest BCUT2D eigenvalue weighted by Gasteiger charge is -2.37. The smallest absolute Gasteiger partial charge is 0.122 e. The van der Waals surface area contributed by atoms with Crippen LogP contribution in [-0.2, 0) is 6.42 Å². The Labute approximate surface area is 120 Å². The maximum Gasteiger partial charge on any atom is 0.122 e. The van der Waals surface area contributed by atoms with Crippen LogP contribution in [0, 0.1) is 0 Å². The van der Waals surface area contributed by atoms with E-state index in [0.717, 1.165) is 12.2 Å². The number of rotatable bonds is 5. The minimum absolute atomic E-state index is 0.467. The van der Waals surface area contributed by atoms with Crippen molar-refractivity contribution < 1.29 is 4.74 Å². The third-order valence-electron chi connectivity index (χ3n) is 3.91. The van der Waals surface area contributed by atoms with Crippen molar-refractivity contribution >= 4 is 11.8 Å². The highest BCUT2D eigenvalue weighted by Gasteiger charge is 2.27. The zero-order valence-electron chi connectivity index (χ0n) is 12.1. The third-order valence-corrected chi connectivity index (χ3v) is 4.96. The molecule has 1 aromatic carbocycles. The van der Waals surface area contributed by atoms with Gasteiger partial charge in [0.15, 0.2) is 0 Å². The molecule has 1 fully saturated rings. The van der Waals surface area contributed by atoms with Crippen molar-refractivity contribution in [3.8, 4) is 5.75 Å². The maximum atomic E-state index is 5.46. The summed E-state index contributed by atoms with van der Waals surface area (Å²) in [4.78, 5) is 2.48. The molecule has 1 aromatic rings. The van der Waals surface area contributed by atoms with E-state index in [4.69, 9.17) is 4.74 Å². The molecule has 106 valence electrons. The van der Waals surface area contributed by atoms with Crippen molar-refractivity contribution in [1.29, 1.82) is 0 Å². The van der Waals surface area contributed by atoms with Gasteiger partial charge >= 0.3 is 0 Å². The molecule has 1 saturated heterocycles. The number of nitrogens with zero attached hydrogens (tertiary/aromatic N) is 1. The van der Waals surface area contributed by atoms with E-state index in [-0.39, 0.29) is 0 Å². The number of methoxy groups -OCH3 is 1. The minimum Gasteiger partial charge on any atom is -0.496 e. The molecule has 2 unspecified atom stereocenters. The normalized spacial score (nSPS) is 22.2. The van der Waals surface area contributed by atoms with Gasteiger partial charge in [0.05, 0.1) is 7.11 Å². The SMILES string of the molecule is CNC(Cc1ccccc1OC)C1CSCCN1C. The summed E-state index contributed by atoms with van der Waals surface area (Å²) in [5.41, 5.74) is 1.29. The highest BCUT2D eigenvalue weighted by Crippen LogP contribution is 2.23. The second kappa shape index (κ2) is 7.17. The molecular weight excluding hydrogens is 256 g/mol. The molecular formula is C15H24N2OS. The molecule has 0 aromatic heterocycles. The number of nitrogens with one attached hydrogen (secondary N) is 1. The Kier molecular flexibility index (Phi) is 5.55. The van der Waals surface area contributed by atoms with Crippen LogP contribution in [0.4, 0.5) is 0 Å². The van der Waals surface area contributed by atoms with Crippen LogP contribution < -0.4 is 10.1 Å². The van der Waals surface area contributed by atoms with E-state index in [1.165, 1.54) is 23.6 Å². The van der Waals surface area contributed by atoms with Crippen molar-refractivity contribution in [2.24, 2.45) is 0 Å². The van der Waals surface area contributed by atoms with Gasteiger partial charge in [-0.1, -0.05) is 18.2 Å². The van der Waals surface area contributed by atoms with Crippen molar-refractivity contribution in [3.05, 3.63) is 29.8 Å². The molecule has 4 heteroatoms. The average molecular weight is 280 g/mol. The van der Waals surface area contributed by atoms with Crippen molar-refractivity contribution in [2.75, 3.05) is 39.3 Å². The highest BCUT2D eigenvalue weighted by atomic mass is 32.2. The molecule has 1 N–H and O–H groups in total. The zero-order valence-corrected chi connectivity index (χ0v) is 12.9. The summed E-state index contributed by atoms with van der Waals surface area (Å²) in [6.07, 6.45) is 1.01. The van der Waals surface area contributed by atoms with Crippen LogP contribution in [0.15, 0.2) is 24.3 Å². The van der Waals surface area contributed by atoms with E-state index in [1.807, 2.05) is 12.1 Å². The largest absolute Gasteiger partial charge is 0.496 e. The average Bonchev–Trinajstić information content (AvgIpc) is 2.46. The van der Waals surface area contributed by atoms with Gasteiger partial charge in [-0.05, 0) is 32.1 Å². The van der Waals surface area contributed by atoms with Gasteiger partial charge < -0.3 is 15.0 Å². The summed E-state index contributed by atoms with van der Waals surface area (Å²) in [6.45, 7) is 1.18. The Morgan fingerprint density at radius 3 is 2.95 bits per heavy atom. The summed E-state index contributed by atoms with van der Waals surface area (Å²) in [7, 11) is 6.04. The predicted molar refractivity (Wildman–Crippen MR) is 83.3 cm³/mol. The van der Waals surface area contributed by atoms with Crippen LogP contribution in [0.3, 0.4) is 0 Å². The first-order chi connectivity index (χ1) is 9.26. The lowest BCUT2D eigenvalue weighted by molar-refractivity contribution is 0.218. The van der Waals surface area contributed by atoms with Gasteiger partial charge in [0.2, 0.25) is 0 Å². The zero-order chi connectivity index (χ0) is 13.7. The number of likely N-dealkylation sites (N-methyl/N-ethyl adjacent to an activating group) is 2. The first kappa shape index (κ1) is 14.7. The molecule has 1 aliphatic rings. The molecule has 2 atom stereocenters. The minimum atomic E-state index is 0.467. The molecule has 0 saturated carbocycles. The van der Waals surface area contributed by atoms with Crippen LogP contribution >= 0.6 is 11.8 Å². The van der Waals surface area contributed by atoms with Gasteiger partial charge in [-0.2, -0.15) is 11.8 Å². The number of ether oxygens (including phenoxy) is 1. The molecule has 0 bridgehead atoms. The van der Waals surface area contributed by atoms with Crippen LogP contribution in [0.1, 0.15) is 5.56 Å². The quantitative estimate of drug-likeness (QED) is 0.890. The predicted octanol–water partition coefficient (Wildman–Crippen LogP) is 1.87. The molecule has 0 amide bonds. The second-order valence-corrected chi connectivity index (χ2v) is 6.18. The van der Waals surface area contributed by atoms with Crippen molar-refractivity contribution in [2.45, 2.75) is 18.5 Å². The standard InChI is InChI=1S/C15H24N2OS/c1-16-13(14-11-19-9-8-17(14)2)10-12-6-4-5-7-15(12)18-3/h4-7,13-14,16H,8-11H2,1-3H3. The monoisotopic (exact) mass is 280 g/mol. The van der Waals surface area contributed by atoms with Crippen LogP contribution in [-0.4, -0.2) is 56.2 Å². The Morgan fingerprint density at radius 2 is 2.26 bits per heavy atom. The number of thioether (sulfide) groups is 1. The first-order valence-corrected chi connectivity index (χ1v) is 7.99. The van der Waals surface area contributed by atoms with Crippen LogP contribution in [0.25, 0.3) is 0 Å². The summed E-state index contributed by atoms with van der Waals surface area (Å²) < 4.78 is 5.46. The summed E-state index contributed by atoms with van der Waals surface area (Å²) in [5.74, 6) is 3.45. The topological polar surface area (TPSA) is 24.5 Å². The summed E-state index contributed by atoms with van der Waals surface area (Å²) >= 11 is 2.06. The van der Waals surface area contributed by atoms with Crippen molar-refractivity contribution in [1.82, 2.24) is 10.2 Å². The maximum absolute atomic E-state index is 5.46. The molecule has 19 heavy (non-hydrogen) atoms. The van der Waals surface area contributed by atoms with E-state index >= 15 is 0 Å². The van der Waals surface area contributed by atoms with Gasteiger partial charge in [0, 0.05) is 30.1 Å². The number of benzene rings is 1. The molecule has 0 radical (unpaired) electrons. The van der Waals surface area contributed by atoms with E-state index in [2.05, 4.69) is 48.2 Å². The van der Waals surface area contributed by atoms with Gasteiger partial charge in [-0.25, -0.2) is 0 Å². The van der Waals surface area contributed by atoms with Crippen LogP contribution in [0.5, 0.6) is 5.75 Å². The Bertz CT molecular complexity index is 399. The summed E-state index contributed by atoms with van der Waals surface area (Å²) in [5, 5.41) is 3.49. The number of hydrogen-bond acceptors (Lipinski definition) is 4. The first-order valence-electron chi connectivity index (χ1n) is 6.83. The summed E-state index contributed by atoms with van der Waals surface area (Å²) in [6, 6.07) is 9.38. The fourth-order valence-electron chi connectivity index (χ4n) is 2.67. The Balaban J connectivity index is 2.09. The van der Waals surface area contributed by atoms with E-state index < -0.39 is 0 Å². The van der Waals surface area contributed by atoms with Gasteiger partial charge in [0.25, 0.3) is 0 Å². The fraction of sp³-hybridized carbons (Fsp3) is 0.600. The Hall–Kier alpha value is -0.710. The molecule has 1 aliphatic heterocycles. The molecule has 2 rings (SSSR count). The molecule has 0 aliphatic carbocycles. The van der Waals surface area contributed by atoms with Crippen molar-refractivity contribution in [3.63, 3.8) is 0 Å². The van der Waals surface area contributed by atoms with E-state index in [0.29, 0.717) is 12.1 Å². The number of para-hydroxylation sites is 1. The van der Waals surface area contributed by atoms with Gasteiger partial charge in [0.1, 0.15) is 5.75 Å². The molecule has 1 heterocycles. The lowest BCUT2D eigenvalue weighted by Crippen LogP contribution is -2.52. The molecule has 3 nitrogen and oxygen atoms in total. The van der Waals surface area contributed by atoms with Gasteiger partial charge in [-0.3, -0.25) is 0 Å².